The topological polar surface area (TPSA) is 63.1 Å². The summed E-state index contributed by atoms with van der Waals surface area (Å²) in [6.45, 7) is 5.10. The number of carbonyl (C=O) groups excluding carboxylic acids is 1. The number of benzene rings is 1. The predicted octanol–water partition coefficient (Wildman–Crippen LogP) is 1.87. The molecule has 0 unspecified atom stereocenters. The normalized spacial score (nSPS) is 16.4. The fourth-order valence-corrected chi connectivity index (χ4v) is 2.99. The smallest absolute Gasteiger partial charge is 0.273 e. The first kappa shape index (κ1) is 15.7. The number of hydrogen-bond donors (Lipinski definition) is 1. The lowest BCUT2D eigenvalue weighted by molar-refractivity contribution is 0.0931. The van der Waals surface area contributed by atoms with Crippen LogP contribution in [-0.4, -0.2) is 51.5 Å². The lowest BCUT2D eigenvalue weighted by Crippen LogP contribution is -2.42. The second-order valence-electron chi connectivity index (χ2n) is 5.87. The third-order valence-corrected chi connectivity index (χ3v) is 4.34. The second kappa shape index (κ2) is 7.37. The minimum atomic E-state index is -0.162. The molecule has 1 saturated heterocycles. The lowest BCUT2D eigenvalue weighted by Gasteiger charge is -2.26. The molecule has 1 aliphatic heterocycles. The summed E-state index contributed by atoms with van der Waals surface area (Å²) in [5.41, 5.74) is 1.19. The van der Waals surface area contributed by atoms with Gasteiger partial charge in [0.1, 0.15) is 0 Å². The molecule has 122 valence electrons. The van der Waals surface area contributed by atoms with E-state index in [1.807, 2.05) is 30.3 Å². The molecule has 6 heteroatoms. The maximum Gasteiger partial charge on any atom is 0.273 e. The highest BCUT2D eigenvalue weighted by atomic mass is 16.2. The van der Waals surface area contributed by atoms with Gasteiger partial charge in [0.2, 0.25) is 0 Å². The standard InChI is InChI=1S/C17H23N5O/c1-2-14(21-10-6-7-11-21)12-18-17(23)16-13-19-22(20-16)15-8-4-3-5-9-15/h3-5,8-9,13-14H,2,6-7,10-12H2,1H3,(H,18,23)/t14-/m1/s1. The molecule has 1 aliphatic rings. The summed E-state index contributed by atoms with van der Waals surface area (Å²) in [5, 5.41) is 11.4. The molecule has 0 radical (unpaired) electrons. The van der Waals surface area contributed by atoms with Gasteiger partial charge in [-0.1, -0.05) is 25.1 Å². The minimum absolute atomic E-state index is 0.162. The van der Waals surface area contributed by atoms with E-state index in [2.05, 4.69) is 27.3 Å². The van der Waals surface area contributed by atoms with Gasteiger partial charge < -0.3 is 5.32 Å². The predicted molar refractivity (Wildman–Crippen MR) is 88.6 cm³/mol. The molecule has 2 aromatic rings. The van der Waals surface area contributed by atoms with E-state index in [9.17, 15) is 4.79 Å². The first-order valence-corrected chi connectivity index (χ1v) is 8.28. The molecule has 1 fully saturated rings. The largest absolute Gasteiger partial charge is 0.349 e. The van der Waals surface area contributed by atoms with Crippen molar-refractivity contribution in [3.8, 4) is 5.69 Å². The van der Waals surface area contributed by atoms with Crippen LogP contribution in [0.3, 0.4) is 0 Å². The van der Waals surface area contributed by atoms with Gasteiger partial charge in [0.05, 0.1) is 11.9 Å². The average Bonchev–Trinajstić information content (AvgIpc) is 3.28. The number of carbonyl (C=O) groups is 1. The van der Waals surface area contributed by atoms with Crippen LogP contribution >= 0.6 is 0 Å². The summed E-state index contributed by atoms with van der Waals surface area (Å²) >= 11 is 0. The molecular weight excluding hydrogens is 290 g/mol. The van der Waals surface area contributed by atoms with Crippen molar-refractivity contribution in [1.29, 1.82) is 0 Å². The van der Waals surface area contributed by atoms with Crippen LogP contribution in [0.15, 0.2) is 36.5 Å². The van der Waals surface area contributed by atoms with Crippen molar-refractivity contribution < 1.29 is 4.79 Å². The highest BCUT2D eigenvalue weighted by Crippen LogP contribution is 2.13. The van der Waals surface area contributed by atoms with E-state index >= 15 is 0 Å². The first-order valence-electron chi connectivity index (χ1n) is 8.28. The van der Waals surface area contributed by atoms with E-state index in [-0.39, 0.29) is 5.91 Å². The van der Waals surface area contributed by atoms with Crippen molar-refractivity contribution in [2.45, 2.75) is 32.2 Å². The van der Waals surface area contributed by atoms with Crippen molar-refractivity contribution in [2.75, 3.05) is 19.6 Å². The molecule has 3 rings (SSSR count). The summed E-state index contributed by atoms with van der Waals surface area (Å²) in [4.78, 5) is 16.2. The Morgan fingerprint density at radius 2 is 2.00 bits per heavy atom. The zero-order valence-electron chi connectivity index (χ0n) is 13.5. The molecule has 0 spiro atoms. The lowest BCUT2D eigenvalue weighted by atomic mass is 10.2. The van der Waals surface area contributed by atoms with Crippen LogP contribution in [0.25, 0.3) is 5.69 Å². The molecule has 0 bridgehead atoms. The molecule has 1 aromatic carbocycles. The highest BCUT2D eigenvalue weighted by molar-refractivity contribution is 5.91. The van der Waals surface area contributed by atoms with E-state index in [4.69, 9.17) is 0 Å². The molecule has 1 amide bonds. The number of nitrogens with zero attached hydrogens (tertiary/aromatic N) is 4. The number of para-hydroxylation sites is 1. The van der Waals surface area contributed by atoms with Crippen LogP contribution in [0.2, 0.25) is 0 Å². The third-order valence-electron chi connectivity index (χ3n) is 4.34. The quantitative estimate of drug-likeness (QED) is 0.884. The number of aromatic nitrogens is 3. The van der Waals surface area contributed by atoms with Crippen LogP contribution in [0.1, 0.15) is 36.7 Å². The van der Waals surface area contributed by atoms with E-state index in [0.29, 0.717) is 18.3 Å². The Kier molecular flexibility index (Phi) is 5.02. The van der Waals surface area contributed by atoms with E-state index in [0.717, 1.165) is 25.2 Å². The maximum absolute atomic E-state index is 12.3. The zero-order chi connectivity index (χ0) is 16.1. The molecular formula is C17H23N5O. The van der Waals surface area contributed by atoms with E-state index in [1.165, 1.54) is 23.8 Å². The van der Waals surface area contributed by atoms with E-state index in [1.54, 1.807) is 0 Å². The first-order chi connectivity index (χ1) is 11.3. The van der Waals surface area contributed by atoms with Crippen LogP contribution in [-0.2, 0) is 0 Å². The highest BCUT2D eigenvalue weighted by Gasteiger charge is 2.21. The molecule has 1 atom stereocenters. The van der Waals surface area contributed by atoms with Gasteiger partial charge in [-0.05, 0) is 44.5 Å². The maximum atomic E-state index is 12.3. The number of hydrogen-bond acceptors (Lipinski definition) is 4. The van der Waals surface area contributed by atoms with Gasteiger partial charge in [-0.15, -0.1) is 5.10 Å². The molecule has 0 aliphatic carbocycles. The Labute approximate surface area is 136 Å². The third kappa shape index (κ3) is 3.76. The monoisotopic (exact) mass is 313 g/mol. The average molecular weight is 313 g/mol. The molecule has 6 nitrogen and oxygen atoms in total. The second-order valence-corrected chi connectivity index (χ2v) is 5.87. The summed E-state index contributed by atoms with van der Waals surface area (Å²) in [6, 6.07) is 9.99. The van der Waals surface area contributed by atoms with Crippen molar-refractivity contribution in [2.24, 2.45) is 0 Å². The SMILES string of the molecule is CC[C@H](CNC(=O)c1cnn(-c2ccccc2)n1)N1CCCC1. The summed E-state index contributed by atoms with van der Waals surface area (Å²) in [7, 11) is 0. The summed E-state index contributed by atoms with van der Waals surface area (Å²) in [5.74, 6) is -0.162. The number of amides is 1. The van der Waals surface area contributed by atoms with Crippen molar-refractivity contribution in [3.05, 3.63) is 42.2 Å². The minimum Gasteiger partial charge on any atom is -0.349 e. The fourth-order valence-electron chi connectivity index (χ4n) is 2.99. The summed E-state index contributed by atoms with van der Waals surface area (Å²) in [6.07, 6.45) is 5.07. The molecule has 23 heavy (non-hydrogen) atoms. The Morgan fingerprint density at radius 3 is 2.70 bits per heavy atom. The van der Waals surface area contributed by atoms with Gasteiger partial charge in [-0.2, -0.15) is 9.90 Å². The van der Waals surface area contributed by atoms with Gasteiger partial charge in [0, 0.05) is 12.6 Å². The van der Waals surface area contributed by atoms with Crippen LogP contribution in [0.4, 0.5) is 0 Å². The Balaban J connectivity index is 1.59. The van der Waals surface area contributed by atoms with Crippen LogP contribution in [0.5, 0.6) is 0 Å². The number of nitrogens with one attached hydrogen (secondary N) is 1. The molecule has 1 aromatic heterocycles. The summed E-state index contributed by atoms with van der Waals surface area (Å²) < 4.78 is 0. The van der Waals surface area contributed by atoms with Crippen molar-refractivity contribution in [1.82, 2.24) is 25.2 Å². The fraction of sp³-hybridized carbons (Fsp3) is 0.471. The van der Waals surface area contributed by atoms with Crippen LogP contribution < -0.4 is 5.32 Å². The van der Waals surface area contributed by atoms with Gasteiger partial charge in [0.15, 0.2) is 5.69 Å². The van der Waals surface area contributed by atoms with E-state index < -0.39 is 0 Å². The Hall–Kier alpha value is -2.21. The number of rotatable bonds is 6. The van der Waals surface area contributed by atoms with Gasteiger partial charge in [0.25, 0.3) is 5.91 Å². The van der Waals surface area contributed by atoms with Crippen molar-refractivity contribution in [3.63, 3.8) is 0 Å². The Morgan fingerprint density at radius 1 is 1.26 bits per heavy atom. The van der Waals surface area contributed by atoms with Gasteiger partial charge >= 0.3 is 0 Å². The van der Waals surface area contributed by atoms with Crippen molar-refractivity contribution >= 4 is 5.91 Å². The van der Waals surface area contributed by atoms with Gasteiger partial charge in [-0.25, -0.2) is 0 Å². The van der Waals surface area contributed by atoms with Gasteiger partial charge in [-0.3, -0.25) is 9.69 Å². The molecule has 0 saturated carbocycles. The molecule has 1 N–H and O–H groups in total. The van der Waals surface area contributed by atoms with Crippen LogP contribution in [0, 0.1) is 0 Å². The number of likely N-dealkylation sites (tertiary alicyclic amines) is 1. The zero-order valence-corrected chi connectivity index (χ0v) is 13.5. The Bertz CT molecular complexity index is 633. The molecule has 2 heterocycles.